The quantitative estimate of drug-likeness (QED) is 0.567. The number of carbonyl (C=O) groups is 2. The van der Waals surface area contributed by atoms with Gasteiger partial charge in [0.25, 0.3) is 0 Å². The molecule has 0 saturated carbocycles. The first kappa shape index (κ1) is 15.1. The molecule has 19 heavy (non-hydrogen) atoms. The van der Waals surface area contributed by atoms with Crippen LogP contribution in [0.3, 0.4) is 0 Å². The van der Waals surface area contributed by atoms with E-state index < -0.39 is 22.0 Å². The zero-order valence-electron chi connectivity index (χ0n) is 10.1. The van der Waals surface area contributed by atoms with Crippen LogP contribution in [0.1, 0.15) is 20.7 Å². The third-order valence-electron chi connectivity index (χ3n) is 2.08. The standard InChI is InChI=1S/C11H13NO6S/c1-19(16,17)12-6-7-18-11(15)9-5-3-2-4-8(9)10(13)14/h2-5,12H,6-7H2,1H3,(H,13,14). The molecule has 1 rings (SSSR count). The maximum absolute atomic E-state index is 11.6. The van der Waals surface area contributed by atoms with Crippen LogP contribution in [0.15, 0.2) is 24.3 Å². The summed E-state index contributed by atoms with van der Waals surface area (Å²) in [5.74, 6) is -2.05. The highest BCUT2D eigenvalue weighted by molar-refractivity contribution is 7.88. The van der Waals surface area contributed by atoms with Crippen LogP contribution < -0.4 is 4.72 Å². The molecule has 7 nitrogen and oxygen atoms in total. The lowest BCUT2D eigenvalue weighted by Gasteiger charge is -2.07. The summed E-state index contributed by atoms with van der Waals surface area (Å²) in [5, 5.41) is 8.89. The molecule has 8 heteroatoms. The van der Waals surface area contributed by atoms with Crippen molar-refractivity contribution in [2.24, 2.45) is 0 Å². The van der Waals surface area contributed by atoms with Gasteiger partial charge in [-0.25, -0.2) is 22.7 Å². The van der Waals surface area contributed by atoms with Crippen LogP contribution in [0.4, 0.5) is 0 Å². The van der Waals surface area contributed by atoms with Crippen molar-refractivity contribution in [3.8, 4) is 0 Å². The molecule has 0 amide bonds. The summed E-state index contributed by atoms with van der Waals surface area (Å²) >= 11 is 0. The van der Waals surface area contributed by atoms with Crippen LogP contribution in [-0.2, 0) is 14.8 Å². The van der Waals surface area contributed by atoms with E-state index in [0.717, 1.165) is 6.26 Å². The van der Waals surface area contributed by atoms with Gasteiger partial charge in [-0.3, -0.25) is 0 Å². The second-order valence-corrected chi connectivity index (χ2v) is 5.49. The summed E-state index contributed by atoms with van der Waals surface area (Å²) in [5.41, 5.74) is -0.238. The van der Waals surface area contributed by atoms with E-state index in [0.29, 0.717) is 0 Å². The number of esters is 1. The van der Waals surface area contributed by atoms with Gasteiger partial charge in [0.15, 0.2) is 0 Å². The van der Waals surface area contributed by atoms with E-state index in [1.165, 1.54) is 24.3 Å². The Hall–Kier alpha value is -1.93. The van der Waals surface area contributed by atoms with E-state index in [1.54, 1.807) is 0 Å². The molecule has 0 aliphatic rings. The Balaban J connectivity index is 2.62. The van der Waals surface area contributed by atoms with Gasteiger partial charge in [-0.1, -0.05) is 12.1 Å². The molecule has 0 aliphatic carbocycles. The van der Waals surface area contributed by atoms with Gasteiger partial charge in [0.05, 0.1) is 17.4 Å². The Labute approximate surface area is 110 Å². The molecule has 0 aromatic heterocycles. The molecule has 0 fully saturated rings. The zero-order chi connectivity index (χ0) is 14.5. The van der Waals surface area contributed by atoms with E-state index in [1.807, 2.05) is 0 Å². The number of ether oxygens (including phenoxy) is 1. The van der Waals surface area contributed by atoms with Crippen LogP contribution in [0.2, 0.25) is 0 Å². The van der Waals surface area contributed by atoms with E-state index in [-0.39, 0.29) is 24.3 Å². The summed E-state index contributed by atoms with van der Waals surface area (Å²) in [4.78, 5) is 22.5. The fourth-order valence-corrected chi connectivity index (χ4v) is 1.75. The maximum atomic E-state index is 11.6. The molecule has 1 aromatic rings. The van der Waals surface area contributed by atoms with E-state index >= 15 is 0 Å². The number of hydrogen-bond acceptors (Lipinski definition) is 5. The summed E-state index contributed by atoms with van der Waals surface area (Å²) in [6.07, 6.45) is 0.981. The molecule has 0 bridgehead atoms. The van der Waals surface area contributed by atoms with Crippen LogP contribution in [0.5, 0.6) is 0 Å². The van der Waals surface area contributed by atoms with Crippen LogP contribution in [-0.4, -0.2) is 44.9 Å². The molecule has 0 atom stereocenters. The Morgan fingerprint density at radius 2 is 1.84 bits per heavy atom. The minimum atomic E-state index is -3.34. The lowest BCUT2D eigenvalue weighted by Crippen LogP contribution is -2.27. The molecule has 0 unspecified atom stereocenters. The average Bonchev–Trinajstić information content (AvgIpc) is 2.33. The molecule has 2 N–H and O–H groups in total. The summed E-state index contributed by atoms with van der Waals surface area (Å²) in [7, 11) is -3.34. The summed E-state index contributed by atoms with van der Waals surface area (Å²) in [6, 6.07) is 5.62. The van der Waals surface area contributed by atoms with Crippen molar-refractivity contribution in [2.75, 3.05) is 19.4 Å². The topological polar surface area (TPSA) is 110 Å². The normalized spacial score (nSPS) is 11.0. The second kappa shape index (κ2) is 6.30. The van der Waals surface area contributed by atoms with Gasteiger partial charge in [0, 0.05) is 6.54 Å². The highest BCUT2D eigenvalue weighted by Crippen LogP contribution is 2.10. The average molecular weight is 287 g/mol. The number of aromatic carboxylic acids is 1. The molecule has 0 aliphatic heterocycles. The van der Waals surface area contributed by atoms with Gasteiger partial charge in [-0.05, 0) is 12.1 Å². The van der Waals surface area contributed by atoms with Crippen molar-refractivity contribution in [3.05, 3.63) is 35.4 Å². The van der Waals surface area contributed by atoms with Crippen molar-refractivity contribution in [2.45, 2.75) is 0 Å². The van der Waals surface area contributed by atoms with Crippen molar-refractivity contribution >= 4 is 22.0 Å². The number of benzene rings is 1. The number of rotatable bonds is 6. The molecule has 0 spiro atoms. The number of hydrogen-bond donors (Lipinski definition) is 2. The predicted molar refractivity (Wildman–Crippen MR) is 66.5 cm³/mol. The van der Waals surface area contributed by atoms with Crippen molar-refractivity contribution < 1.29 is 27.9 Å². The second-order valence-electron chi connectivity index (χ2n) is 3.65. The van der Waals surface area contributed by atoms with E-state index in [9.17, 15) is 18.0 Å². The number of carboxylic acid groups (broad SMARTS) is 1. The van der Waals surface area contributed by atoms with Gasteiger partial charge < -0.3 is 9.84 Å². The summed E-state index contributed by atoms with van der Waals surface area (Å²) in [6.45, 7) is -0.250. The van der Waals surface area contributed by atoms with Gasteiger partial charge in [0.2, 0.25) is 10.0 Å². The third kappa shape index (κ3) is 5.06. The number of sulfonamides is 1. The van der Waals surface area contributed by atoms with Gasteiger partial charge in [0.1, 0.15) is 6.61 Å². The fourth-order valence-electron chi connectivity index (χ4n) is 1.30. The Kier molecular flexibility index (Phi) is 5.02. The first-order valence-electron chi connectivity index (χ1n) is 5.25. The number of carbonyl (C=O) groups excluding carboxylic acids is 1. The minimum Gasteiger partial charge on any atom is -0.478 e. The molecule has 0 heterocycles. The number of carboxylic acids is 1. The van der Waals surface area contributed by atoms with Crippen LogP contribution >= 0.6 is 0 Å². The lowest BCUT2D eigenvalue weighted by molar-refractivity contribution is 0.0502. The fraction of sp³-hybridized carbons (Fsp3) is 0.273. The lowest BCUT2D eigenvalue weighted by atomic mass is 10.1. The van der Waals surface area contributed by atoms with Crippen molar-refractivity contribution in [1.82, 2.24) is 4.72 Å². The molecule has 1 aromatic carbocycles. The Bertz CT molecular complexity index is 581. The van der Waals surface area contributed by atoms with Crippen LogP contribution in [0.25, 0.3) is 0 Å². The predicted octanol–water partition coefficient (Wildman–Crippen LogP) is 0.0908. The van der Waals surface area contributed by atoms with Crippen molar-refractivity contribution in [3.63, 3.8) is 0 Å². The highest BCUT2D eigenvalue weighted by atomic mass is 32.2. The maximum Gasteiger partial charge on any atom is 0.339 e. The van der Waals surface area contributed by atoms with E-state index in [4.69, 9.17) is 9.84 Å². The third-order valence-corrected chi connectivity index (χ3v) is 2.81. The first-order chi connectivity index (χ1) is 8.81. The monoisotopic (exact) mass is 287 g/mol. The minimum absolute atomic E-state index is 0.0696. The largest absolute Gasteiger partial charge is 0.478 e. The highest BCUT2D eigenvalue weighted by Gasteiger charge is 2.16. The van der Waals surface area contributed by atoms with Gasteiger partial charge in [-0.2, -0.15) is 0 Å². The number of nitrogens with one attached hydrogen (secondary N) is 1. The molecular formula is C11H13NO6S. The summed E-state index contributed by atoms with van der Waals surface area (Å²) < 4.78 is 28.4. The first-order valence-corrected chi connectivity index (χ1v) is 7.14. The molecule has 0 radical (unpaired) electrons. The SMILES string of the molecule is CS(=O)(=O)NCCOC(=O)c1ccccc1C(=O)O. The van der Waals surface area contributed by atoms with Gasteiger partial charge in [-0.15, -0.1) is 0 Å². The Morgan fingerprint density at radius 3 is 2.37 bits per heavy atom. The Morgan fingerprint density at radius 1 is 1.26 bits per heavy atom. The smallest absolute Gasteiger partial charge is 0.339 e. The molecule has 0 saturated heterocycles. The molecule has 104 valence electrons. The van der Waals surface area contributed by atoms with Gasteiger partial charge >= 0.3 is 11.9 Å². The molecular weight excluding hydrogens is 274 g/mol. The van der Waals surface area contributed by atoms with Crippen LogP contribution in [0, 0.1) is 0 Å². The van der Waals surface area contributed by atoms with Crippen molar-refractivity contribution in [1.29, 1.82) is 0 Å². The zero-order valence-corrected chi connectivity index (χ0v) is 10.9. The van der Waals surface area contributed by atoms with E-state index in [2.05, 4.69) is 4.72 Å².